The van der Waals surface area contributed by atoms with Gasteiger partial charge in [0, 0.05) is 6.07 Å². The van der Waals surface area contributed by atoms with Gasteiger partial charge >= 0.3 is 5.97 Å². The maximum atomic E-state index is 10.9. The molecule has 0 spiro atoms. The second kappa shape index (κ2) is 7.56. The average molecular weight is 307 g/mol. The van der Waals surface area contributed by atoms with Crippen LogP contribution in [-0.4, -0.2) is 17.7 Å². The molecule has 22 heavy (non-hydrogen) atoms. The summed E-state index contributed by atoms with van der Waals surface area (Å²) in [6, 6.07) is 6.90. The fourth-order valence-electron chi connectivity index (χ4n) is 2.43. The van der Waals surface area contributed by atoms with E-state index in [2.05, 4.69) is 0 Å². The Morgan fingerprint density at radius 3 is 2.64 bits per heavy atom. The number of ether oxygens (including phenoxy) is 2. The number of benzene rings is 1. The van der Waals surface area contributed by atoms with E-state index in [1.807, 2.05) is 11.5 Å². The largest absolute Gasteiger partial charge is 0.493 e. The van der Waals surface area contributed by atoms with E-state index in [1.165, 1.54) is 25.7 Å². The van der Waals surface area contributed by atoms with Gasteiger partial charge in [-0.05, 0) is 30.9 Å². The molecule has 0 aromatic heterocycles. The van der Waals surface area contributed by atoms with Gasteiger partial charge in [-0.3, -0.25) is 5.84 Å². The van der Waals surface area contributed by atoms with Gasteiger partial charge in [0.15, 0.2) is 5.70 Å². The summed E-state index contributed by atoms with van der Waals surface area (Å²) in [5, 5.41) is 8.90. The third-order valence-corrected chi connectivity index (χ3v) is 3.60. The van der Waals surface area contributed by atoms with Gasteiger partial charge in [0.05, 0.1) is 6.61 Å². The Hall–Kier alpha value is -2.41. The highest BCUT2D eigenvalue weighted by molar-refractivity contribution is 5.86. The topological polar surface area (TPSA) is 120 Å². The summed E-state index contributed by atoms with van der Waals surface area (Å²) >= 11 is 0. The first-order valence-electron chi connectivity index (χ1n) is 7.20. The normalized spacial score (nSPS) is 16.0. The molecule has 0 radical (unpaired) electrons. The van der Waals surface area contributed by atoms with Gasteiger partial charge in [0.1, 0.15) is 11.5 Å². The van der Waals surface area contributed by atoms with Gasteiger partial charge in [-0.1, -0.05) is 18.9 Å². The van der Waals surface area contributed by atoms with Crippen molar-refractivity contribution in [3.8, 4) is 11.5 Å². The molecule has 1 aliphatic carbocycles. The van der Waals surface area contributed by atoms with Gasteiger partial charge in [0.2, 0.25) is 5.88 Å². The molecule has 1 aromatic rings. The lowest BCUT2D eigenvalue weighted by atomic mass is 10.1. The second-order valence-electron chi connectivity index (χ2n) is 5.23. The van der Waals surface area contributed by atoms with Crippen LogP contribution in [0.1, 0.15) is 25.7 Å². The first-order valence-corrected chi connectivity index (χ1v) is 7.20. The Morgan fingerprint density at radius 2 is 2.00 bits per heavy atom. The van der Waals surface area contributed by atoms with E-state index in [1.54, 1.807) is 18.2 Å². The molecule has 6 N–H and O–H groups in total. The van der Waals surface area contributed by atoms with Crippen LogP contribution in [0.25, 0.3) is 0 Å². The van der Waals surface area contributed by atoms with Crippen LogP contribution in [0.4, 0.5) is 0 Å². The molecule has 0 aliphatic heterocycles. The van der Waals surface area contributed by atoms with Crippen LogP contribution in [0, 0.1) is 5.92 Å². The zero-order valence-electron chi connectivity index (χ0n) is 12.2. The molecule has 2 rings (SSSR count). The van der Waals surface area contributed by atoms with Crippen molar-refractivity contribution in [1.29, 1.82) is 0 Å². The maximum absolute atomic E-state index is 10.9. The summed E-state index contributed by atoms with van der Waals surface area (Å²) in [5.74, 6) is 5.14. The summed E-state index contributed by atoms with van der Waals surface area (Å²) < 4.78 is 11.0. The number of hydrazine groups is 1. The van der Waals surface area contributed by atoms with Gasteiger partial charge < -0.3 is 25.7 Å². The molecule has 0 amide bonds. The van der Waals surface area contributed by atoms with Crippen molar-refractivity contribution >= 4 is 5.97 Å². The number of hydrogen-bond acceptors (Lipinski definition) is 6. The van der Waals surface area contributed by atoms with Crippen LogP contribution < -0.4 is 26.5 Å². The average Bonchev–Trinajstić information content (AvgIpc) is 2.99. The predicted molar refractivity (Wildman–Crippen MR) is 80.7 cm³/mol. The molecule has 120 valence electrons. The quantitative estimate of drug-likeness (QED) is 0.259. The zero-order valence-corrected chi connectivity index (χ0v) is 12.2. The highest BCUT2D eigenvalue weighted by Gasteiger charge is 2.16. The lowest BCUT2D eigenvalue weighted by Gasteiger charge is -2.13. The minimum Gasteiger partial charge on any atom is -0.493 e. The van der Waals surface area contributed by atoms with E-state index in [0.717, 1.165) is 0 Å². The Kier molecular flexibility index (Phi) is 5.48. The molecule has 1 aliphatic rings. The summed E-state index contributed by atoms with van der Waals surface area (Å²) in [6.45, 7) is 0.680. The summed E-state index contributed by atoms with van der Waals surface area (Å²) in [7, 11) is 0. The van der Waals surface area contributed by atoms with Crippen LogP contribution >= 0.6 is 0 Å². The maximum Gasteiger partial charge on any atom is 0.358 e. The molecule has 1 aromatic carbocycles. The Bertz CT molecular complexity index is 553. The van der Waals surface area contributed by atoms with E-state index in [4.69, 9.17) is 26.2 Å². The Labute approximate surface area is 128 Å². The van der Waals surface area contributed by atoms with E-state index >= 15 is 0 Å². The van der Waals surface area contributed by atoms with E-state index in [9.17, 15) is 4.79 Å². The van der Waals surface area contributed by atoms with Crippen LogP contribution in [0.15, 0.2) is 35.8 Å². The van der Waals surface area contributed by atoms with Crippen molar-refractivity contribution in [3.63, 3.8) is 0 Å². The fraction of sp³-hybridized carbons (Fsp3) is 0.400. The van der Waals surface area contributed by atoms with Gasteiger partial charge in [-0.15, -0.1) is 0 Å². The molecule has 0 bridgehead atoms. The molecular weight excluding hydrogens is 286 g/mol. The molecule has 0 atom stereocenters. The van der Waals surface area contributed by atoms with Gasteiger partial charge in [-0.25, -0.2) is 4.79 Å². The summed E-state index contributed by atoms with van der Waals surface area (Å²) in [5.41, 5.74) is 7.17. The SMILES string of the molecule is NN/C(C(=O)O)=C(\N)Oc1cccc(OCC2CCCC2)c1. The monoisotopic (exact) mass is 307 g/mol. The van der Waals surface area contributed by atoms with Crippen LogP contribution in [0.2, 0.25) is 0 Å². The summed E-state index contributed by atoms with van der Waals surface area (Å²) in [4.78, 5) is 10.9. The lowest BCUT2D eigenvalue weighted by molar-refractivity contribution is -0.133. The van der Waals surface area contributed by atoms with Gasteiger partial charge in [0.25, 0.3) is 0 Å². The molecule has 1 saturated carbocycles. The molecule has 1 fully saturated rings. The molecule has 0 unspecified atom stereocenters. The highest BCUT2D eigenvalue weighted by Crippen LogP contribution is 2.27. The van der Waals surface area contributed by atoms with Crippen molar-refractivity contribution < 1.29 is 19.4 Å². The van der Waals surface area contributed by atoms with E-state index < -0.39 is 11.7 Å². The Balaban J connectivity index is 2.00. The minimum absolute atomic E-state index is 0.317. The van der Waals surface area contributed by atoms with E-state index in [0.29, 0.717) is 24.0 Å². The van der Waals surface area contributed by atoms with Crippen LogP contribution in [-0.2, 0) is 4.79 Å². The molecular formula is C15H21N3O4. The Morgan fingerprint density at radius 1 is 1.32 bits per heavy atom. The van der Waals surface area contributed by atoms with Crippen molar-refractivity contribution in [2.75, 3.05) is 6.61 Å². The van der Waals surface area contributed by atoms with Gasteiger partial charge in [-0.2, -0.15) is 0 Å². The molecule has 7 heteroatoms. The zero-order chi connectivity index (χ0) is 15.9. The lowest BCUT2D eigenvalue weighted by Crippen LogP contribution is -2.31. The number of carboxylic acids is 1. The first-order chi connectivity index (χ1) is 10.6. The molecule has 7 nitrogen and oxygen atoms in total. The smallest absolute Gasteiger partial charge is 0.358 e. The number of hydrogen-bond donors (Lipinski definition) is 4. The standard InChI is InChI=1S/C15H21N3O4/c16-14(13(18-17)15(19)20)22-12-7-3-6-11(8-12)21-9-10-4-1-2-5-10/h3,6-8,10,18H,1-2,4-5,9,16-17H2,(H,19,20)/b14-13+. The van der Waals surface area contributed by atoms with Crippen molar-refractivity contribution in [3.05, 3.63) is 35.8 Å². The highest BCUT2D eigenvalue weighted by atomic mass is 16.5. The number of aliphatic carboxylic acids is 1. The molecule has 0 heterocycles. The van der Waals surface area contributed by atoms with E-state index in [-0.39, 0.29) is 5.88 Å². The number of nitrogens with one attached hydrogen (secondary N) is 1. The number of rotatable bonds is 7. The molecule has 0 saturated heterocycles. The predicted octanol–water partition coefficient (Wildman–Crippen LogP) is 1.31. The number of nitrogens with two attached hydrogens (primary N) is 2. The third kappa shape index (κ3) is 4.29. The van der Waals surface area contributed by atoms with Crippen LogP contribution in [0.5, 0.6) is 11.5 Å². The second-order valence-corrected chi connectivity index (χ2v) is 5.23. The minimum atomic E-state index is -1.30. The number of carbonyl (C=O) groups is 1. The van der Waals surface area contributed by atoms with Crippen molar-refractivity contribution in [1.82, 2.24) is 5.43 Å². The summed E-state index contributed by atoms with van der Waals surface area (Å²) in [6.07, 6.45) is 4.94. The van der Waals surface area contributed by atoms with Crippen LogP contribution in [0.3, 0.4) is 0 Å². The number of carboxylic acid groups (broad SMARTS) is 1. The van der Waals surface area contributed by atoms with Crippen molar-refractivity contribution in [2.24, 2.45) is 17.5 Å². The fourth-order valence-corrected chi connectivity index (χ4v) is 2.43. The van der Waals surface area contributed by atoms with Crippen molar-refractivity contribution in [2.45, 2.75) is 25.7 Å². The first kappa shape index (κ1) is 16.0. The third-order valence-electron chi connectivity index (χ3n) is 3.60.